The summed E-state index contributed by atoms with van der Waals surface area (Å²) < 4.78 is 0. The first-order valence-corrected chi connectivity index (χ1v) is 8.30. The Morgan fingerprint density at radius 1 is 1.11 bits per heavy atom. The largest absolute Gasteiger partial charge is 0.299 e. The molecule has 1 aromatic carbocycles. The zero-order chi connectivity index (χ0) is 13.1. The summed E-state index contributed by atoms with van der Waals surface area (Å²) in [6.07, 6.45) is 7.96. The van der Waals surface area contributed by atoms with Gasteiger partial charge in [0, 0.05) is 18.5 Å². The first-order valence-electron chi connectivity index (χ1n) is 7.76. The molecule has 104 valence electrons. The van der Waals surface area contributed by atoms with E-state index in [-0.39, 0.29) is 0 Å². The van der Waals surface area contributed by atoms with Gasteiger partial charge in [-0.25, -0.2) is 0 Å². The van der Waals surface area contributed by atoms with Crippen LogP contribution >= 0.6 is 11.6 Å². The van der Waals surface area contributed by atoms with Gasteiger partial charge < -0.3 is 0 Å². The van der Waals surface area contributed by atoms with Gasteiger partial charge in [0.25, 0.3) is 0 Å². The highest BCUT2D eigenvalue weighted by Crippen LogP contribution is 2.33. The van der Waals surface area contributed by atoms with Crippen LogP contribution in [0.3, 0.4) is 0 Å². The minimum absolute atomic E-state index is 0.615. The van der Waals surface area contributed by atoms with Crippen molar-refractivity contribution >= 4 is 11.6 Å². The number of halogens is 1. The Morgan fingerprint density at radius 2 is 2.00 bits per heavy atom. The third-order valence-electron chi connectivity index (χ3n) is 4.88. The van der Waals surface area contributed by atoms with Crippen LogP contribution in [-0.4, -0.2) is 29.9 Å². The maximum atomic E-state index is 6.15. The lowest BCUT2D eigenvalue weighted by atomic mass is 9.82. The summed E-state index contributed by atoms with van der Waals surface area (Å²) in [5.41, 5.74) is 3.19. The Bertz CT molecular complexity index is 417. The van der Waals surface area contributed by atoms with Gasteiger partial charge in [-0.1, -0.05) is 30.7 Å². The number of aryl methyl sites for hydroxylation is 1. The van der Waals surface area contributed by atoms with Crippen LogP contribution < -0.4 is 0 Å². The predicted octanol–water partition coefficient (Wildman–Crippen LogP) is 4.20. The smallest absolute Gasteiger partial charge is 0.0379 e. The van der Waals surface area contributed by atoms with Crippen LogP contribution in [0.4, 0.5) is 0 Å². The van der Waals surface area contributed by atoms with E-state index in [9.17, 15) is 0 Å². The third-order valence-corrected chi connectivity index (χ3v) is 5.23. The van der Waals surface area contributed by atoms with Gasteiger partial charge in [0.2, 0.25) is 0 Å². The quantitative estimate of drug-likeness (QED) is 0.749. The van der Waals surface area contributed by atoms with Crippen molar-refractivity contribution in [3.63, 3.8) is 0 Å². The van der Waals surface area contributed by atoms with E-state index < -0.39 is 0 Å². The highest BCUT2D eigenvalue weighted by Gasteiger charge is 2.27. The number of hydrogen-bond donors (Lipinski definition) is 0. The molecule has 1 aliphatic heterocycles. The first-order chi connectivity index (χ1) is 9.38. The molecule has 0 aromatic heterocycles. The molecule has 19 heavy (non-hydrogen) atoms. The lowest BCUT2D eigenvalue weighted by molar-refractivity contribution is 0.149. The van der Waals surface area contributed by atoms with Crippen molar-refractivity contribution in [3.05, 3.63) is 35.4 Å². The van der Waals surface area contributed by atoms with Crippen LogP contribution in [0.25, 0.3) is 0 Å². The van der Waals surface area contributed by atoms with Crippen LogP contribution in [0.15, 0.2) is 24.3 Å². The van der Waals surface area contributed by atoms with Crippen LogP contribution in [0, 0.1) is 0 Å². The van der Waals surface area contributed by atoms with Crippen molar-refractivity contribution in [3.8, 4) is 0 Å². The van der Waals surface area contributed by atoms with Crippen LogP contribution in [-0.2, 0) is 6.42 Å². The molecule has 2 unspecified atom stereocenters. The molecule has 0 amide bonds. The minimum atomic E-state index is 0.615. The first kappa shape index (κ1) is 13.5. The molecular weight excluding hydrogens is 254 g/mol. The molecule has 1 aliphatic carbocycles. The molecular formula is C17H24ClN. The number of hydrogen-bond acceptors (Lipinski definition) is 1. The number of benzene rings is 1. The average molecular weight is 278 g/mol. The van der Waals surface area contributed by atoms with E-state index in [1.165, 1.54) is 51.6 Å². The molecule has 2 atom stereocenters. The molecule has 0 N–H and O–H groups in total. The average Bonchev–Trinajstić information content (AvgIpc) is 2.48. The summed E-state index contributed by atoms with van der Waals surface area (Å²) in [6.45, 7) is 2.46. The highest BCUT2D eigenvalue weighted by atomic mass is 35.5. The Morgan fingerprint density at radius 3 is 2.89 bits per heavy atom. The van der Waals surface area contributed by atoms with Gasteiger partial charge >= 0.3 is 0 Å². The van der Waals surface area contributed by atoms with Gasteiger partial charge in [0.1, 0.15) is 0 Å². The number of likely N-dealkylation sites (tertiary alicyclic amines) is 1. The fourth-order valence-corrected chi connectivity index (χ4v) is 4.15. The van der Waals surface area contributed by atoms with Gasteiger partial charge in [-0.3, -0.25) is 4.90 Å². The summed E-state index contributed by atoms with van der Waals surface area (Å²) in [5.74, 6) is 1.53. The number of alkyl halides is 1. The van der Waals surface area contributed by atoms with Crippen molar-refractivity contribution in [1.82, 2.24) is 4.90 Å². The van der Waals surface area contributed by atoms with Crippen molar-refractivity contribution in [1.29, 1.82) is 0 Å². The lowest BCUT2D eigenvalue weighted by Crippen LogP contribution is -2.43. The van der Waals surface area contributed by atoms with Crippen molar-refractivity contribution in [2.45, 2.75) is 50.5 Å². The van der Waals surface area contributed by atoms with E-state index in [1.807, 2.05) is 0 Å². The van der Waals surface area contributed by atoms with E-state index in [2.05, 4.69) is 29.2 Å². The van der Waals surface area contributed by atoms with E-state index >= 15 is 0 Å². The fourth-order valence-electron chi connectivity index (χ4n) is 3.80. The maximum Gasteiger partial charge on any atom is 0.0379 e. The van der Waals surface area contributed by atoms with Gasteiger partial charge in [0.15, 0.2) is 0 Å². The molecule has 0 spiro atoms. The fraction of sp³-hybridized carbons (Fsp3) is 0.647. The van der Waals surface area contributed by atoms with Crippen LogP contribution in [0.2, 0.25) is 0 Å². The van der Waals surface area contributed by atoms with Crippen LogP contribution in [0.1, 0.15) is 49.1 Å². The number of piperidine rings is 1. The van der Waals surface area contributed by atoms with Crippen molar-refractivity contribution in [2.75, 3.05) is 19.0 Å². The monoisotopic (exact) mass is 277 g/mol. The molecule has 0 radical (unpaired) electrons. The topological polar surface area (TPSA) is 3.24 Å². The lowest BCUT2D eigenvalue weighted by Gasteiger charge is -2.38. The molecule has 2 heteroatoms. The molecule has 1 nitrogen and oxygen atoms in total. The molecule has 2 aliphatic rings. The summed E-state index contributed by atoms with van der Waals surface area (Å²) in [5, 5.41) is 0. The molecule has 0 saturated carbocycles. The highest BCUT2D eigenvalue weighted by molar-refractivity contribution is 6.18. The van der Waals surface area contributed by atoms with Gasteiger partial charge in [-0.2, -0.15) is 0 Å². The Labute approximate surface area is 121 Å². The molecule has 3 rings (SSSR count). The molecule has 1 aromatic rings. The standard InChI is InChI=1S/C17H24ClN/c18-12-16-9-3-4-11-19(16)13-15-8-5-7-14-6-1-2-10-17(14)15/h1-2,6,10,15-16H,3-5,7-9,11-13H2. The van der Waals surface area contributed by atoms with Crippen molar-refractivity contribution in [2.24, 2.45) is 0 Å². The van der Waals surface area contributed by atoms with E-state index in [0.717, 1.165) is 11.8 Å². The maximum absolute atomic E-state index is 6.15. The second-order valence-corrected chi connectivity index (χ2v) is 6.40. The number of rotatable bonds is 3. The Hall–Kier alpha value is -0.530. The summed E-state index contributed by atoms with van der Waals surface area (Å²) in [6, 6.07) is 9.66. The summed E-state index contributed by atoms with van der Waals surface area (Å²) >= 11 is 6.15. The van der Waals surface area contributed by atoms with E-state index in [4.69, 9.17) is 11.6 Å². The third kappa shape index (κ3) is 2.98. The molecule has 0 bridgehead atoms. The van der Waals surface area contributed by atoms with Crippen LogP contribution in [0.5, 0.6) is 0 Å². The second kappa shape index (κ2) is 6.28. The zero-order valence-corrected chi connectivity index (χ0v) is 12.4. The van der Waals surface area contributed by atoms with Crippen molar-refractivity contribution < 1.29 is 0 Å². The predicted molar refractivity (Wildman–Crippen MR) is 82.1 cm³/mol. The van der Waals surface area contributed by atoms with Gasteiger partial charge in [-0.05, 0) is 55.7 Å². The second-order valence-electron chi connectivity index (χ2n) is 6.09. The normalized spacial score (nSPS) is 28.1. The van der Waals surface area contributed by atoms with Gasteiger partial charge in [-0.15, -0.1) is 11.6 Å². The van der Waals surface area contributed by atoms with Gasteiger partial charge in [0.05, 0.1) is 0 Å². The molecule has 1 fully saturated rings. The number of nitrogens with zero attached hydrogens (tertiary/aromatic N) is 1. The summed E-state index contributed by atoms with van der Waals surface area (Å²) in [7, 11) is 0. The molecule has 1 saturated heterocycles. The summed E-state index contributed by atoms with van der Waals surface area (Å²) in [4.78, 5) is 2.66. The Kier molecular flexibility index (Phi) is 4.45. The number of fused-ring (bicyclic) bond motifs is 1. The minimum Gasteiger partial charge on any atom is -0.299 e. The van der Waals surface area contributed by atoms with E-state index in [0.29, 0.717) is 6.04 Å². The zero-order valence-electron chi connectivity index (χ0n) is 11.7. The Balaban J connectivity index is 1.73. The molecule has 1 heterocycles. The van der Waals surface area contributed by atoms with E-state index in [1.54, 1.807) is 11.1 Å². The SMILES string of the molecule is ClCC1CCCCN1CC1CCCc2ccccc21.